The molecule has 4 rings (SSSR count). The van der Waals surface area contributed by atoms with Gasteiger partial charge in [0.25, 0.3) is 0 Å². The normalized spacial score (nSPS) is 15.6. The van der Waals surface area contributed by atoms with Crippen LogP contribution in [0.2, 0.25) is 0 Å². The number of hydrogen-bond acceptors (Lipinski definition) is 6. The Balaban J connectivity index is 1.56. The number of morpholine rings is 1. The van der Waals surface area contributed by atoms with Crippen molar-refractivity contribution in [1.29, 1.82) is 0 Å². The number of nitrogens with two attached hydrogens (primary N) is 1. The number of ether oxygens (including phenoxy) is 1. The fourth-order valence-electron chi connectivity index (χ4n) is 3.57. The summed E-state index contributed by atoms with van der Waals surface area (Å²) in [7, 11) is 0. The highest BCUT2D eigenvalue weighted by atomic mass is 19.4. The highest BCUT2D eigenvalue weighted by molar-refractivity contribution is 5.68. The molecule has 0 radical (unpaired) electrons. The van der Waals surface area contributed by atoms with Crippen LogP contribution in [-0.4, -0.2) is 45.8 Å². The molecule has 0 aliphatic carbocycles. The van der Waals surface area contributed by atoms with E-state index in [1.165, 1.54) is 6.07 Å². The van der Waals surface area contributed by atoms with Gasteiger partial charge in [-0.15, -0.1) is 0 Å². The summed E-state index contributed by atoms with van der Waals surface area (Å²) in [6.45, 7) is 5.89. The number of aromatic nitrogens is 3. The third-order valence-electron chi connectivity index (χ3n) is 4.94. The maximum atomic E-state index is 13.1. The molecule has 3 heterocycles. The minimum Gasteiger partial charge on any atom is -0.399 e. The second kappa shape index (κ2) is 8.11. The van der Waals surface area contributed by atoms with E-state index in [4.69, 9.17) is 10.5 Å². The van der Waals surface area contributed by atoms with Crippen LogP contribution >= 0.6 is 0 Å². The third-order valence-corrected chi connectivity index (χ3v) is 4.94. The Morgan fingerprint density at radius 3 is 2.63 bits per heavy atom. The average Bonchev–Trinajstić information content (AvgIpc) is 3.08. The van der Waals surface area contributed by atoms with Crippen molar-refractivity contribution >= 4 is 17.0 Å². The summed E-state index contributed by atoms with van der Waals surface area (Å²) >= 11 is 0. The lowest BCUT2D eigenvalue weighted by molar-refractivity contribution is -0.137. The van der Waals surface area contributed by atoms with Crippen LogP contribution in [0.25, 0.3) is 5.52 Å². The first-order chi connectivity index (χ1) is 14.3. The average molecular weight is 420 g/mol. The van der Waals surface area contributed by atoms with Crippen molar-refractivity contribution in [2.75, 3.05) is 37.4 Å². The van der Waals surface area contributed by atoms with Gasteiger partial charge < -0.3 is 15.8 Å². The first-order valence-corrected chi connectivity index (χ1v) is 9.64. The van der Waals surface area contributed by atoms with Gasteiger partial charge in [0.1, 0.15) is 11.3 Å². The number of anilines is 2. The molecule has 30 heavy (non-hydrogen) atoms. The number of aryl methyl sites for hydroxylation is 1. The van der Waals surface area contributed by atoms with Gasteiger partial charge in [-0.05, 0) is 42.3 Å². The predicted molar refractivity (Wildman–Crippen MR) is 107 cm³/mol. The highest BCUT2D eigenvalue weighted by Gasteiger charge is 2.31. The molecule has 1 fully saturated rings. The van der Waals surface area contributed by atoms with Gasteiger partial charge in [-0.3, -0.25) is 4.90 Å². The quantitative estimate of drug-likeness (QED) is 0.618. The van der Waals surface area contributed by atoms with Crippen molar-refractivity contribution in [3.63, 3.8) is 0 Å². The topological polar surface area (TPSA) is 80.7 Å². The smallest absolute Gasteiger partial charge is 0.399 e. The number of rotatable bonds is 5. The van der Waals surface area contributed by atoms with Crippen LogP contribution in [0.15, 0.2) is 30.5 Å². The van der Waals surface area contributed by atoms with Crippen molar-refractivity contribution in [3.05, 3.63) is 53.0 Å². The second-order valence-electron chi connectivity index (χ2n) is 7.39. The number of alkyl halides is 3. The Kier molecular flexibility index (Phi) is 5.52. The van der Waals surface area contributed by atoms with E-state index in [9.17, 15) is 13.2 Å². The van der Waals surface area contributed by atoms with Crippen LogP contribution in [0.3, 0.4) is 0 Å². The number of hydrogen-bond donors (Lipinski definition) is 2. The van der Waals surface area contributed by atoms with Crippen LogP contribution in [0.5, 0.6) is 0 Å². The number of nitrogens with one attached hydrogen (secondary N) is 1. The van der Waals surface area contributed by atoms with Crippen molar-refractivity contribution in [2.24, 2.45) is 0 Å². The standard InChI is InChI=1S/C20H23F3N6O/c1-13-26-19(25-10-14-6-16(20(21,22)23)9-17(24)7-14)18-8-15(12-29(18)27-13)11-28-2-4-30-5-3-28/h6-9,12H,2-5,10-11,24H2,1H3,(H,25,26,27). The zero-order chi connectivity index (χ0) is 21.3. The van der Waals surface area contributed by atoms with Crippen molar-refractivity contribution in [1.82, 2.24) is 19.5 Å². The minimum absolute atomic E-state index is 0.0705. The summed E-state index contributed by atoms with van der Waals surface area (Å²) < 4.78 is 46.3. The maximum Gasteiger partial charge on any atom is 0.416 e. The zero-order valence-electron chi connectivity index (χ0n) is 16.5. The second-order valence-corrected chi connectivity index (χ2v) is 7.39. The van der Waals surface area contributed by atoms with E-state index in [1.54, 1.807) is 11.4 Å². The zero-order valence-corrected chi connectivity index (χ0v) is 16.5. The molecular weight excluding hydrogens is 397 g/mol. The molecule has 3 N–H and O–H groups in total. The molecule has 160 valence electrons. The Hall–Kier alpha value is -2.85. The molecule has 0 spiro atoms. The van der Waals surface area contributed by atoms with Gasteiger partial charge in [0, 0.05) is 38.1 Å². The lowest BCUT2D eigenvalue weighted by Gasteiger charge is -2.25. The molecule has 7 nitrogen and oxygen atoms in total. The molecule has 1 aromatic carbocycles. The third kappa shape index (κ3) is 4.65. The number of benzene rings is 1. The molecule has 3 aromatic rings. The van der Waals surface area contributed by atoms with E-state index < -0.39 is 11.7 Å². The largest absolute Gasteiger partial charge is 0.416 e. The Bertz CT molecular complexity index is 1040. The molecule has 1 saturated heterocycles. The summed E-state index contributed by atoms with van der Waals surface area (Å²) in [4.78, 5) is 6.74. The first-order valence-electron chi connectivity index (χ1n) is 9.64. The van der Waals surface area contributed by atoms with Crippen LogP contribution in [0.1, 0.15) is 22.5 Å². The van der Waals surface area contributed by atoms with Crippen molar-refractivity contribution in [2.45, 2.75) is 26.2 Å². The maximum absolute atomic E-state index is 13.1. The van der Waals surface area contributed by atoms with E-state index in [0.717, 1.165) is 56.1 Å². The molecule has 0 amide bonds. The number of halogens is 3. The van der Waals surface area contributed by atoms with E-state index >= 15 is 0 Å². The summed E-state index contributed by atoms with van der Waals surface area (Å²) in [5.41, 5.74) is 7.25. The highest BCUT2D eigenvalue weighted by Crippen LogP contribution is 2.31. The van der Waals surface area contributed by atoms with E-state index in [2.05, 4.69) is 20.3 Å². The number of nitrogens with zero attached hydrogens (tertiary/aromatic N) is 4. The molecular formula is C20H23F3N6O. The van der Waals surface area contributed by atoms with Gasteiger partial charge in [-0.1, -0.05) is 0 Å². The molecule has 0 saturated carbocycles. The van der Waals surface area contributed by atoms with Crippen LogP contribution in [0, 0.1) is 6.92 Å². The number of nitrogen functional groups attached to an aromatic ring is 1. The number of fused-ring (bicyclic) bond motifs is 1. The summed E-state index contributed by atoms with van der Waals surface area (Å²) in [6.07, 6.45) is -2.49. The molecule has 10 heteroatoms. The molecule has 2 aromatic heterocycles. The molecule has 0 unspecified atom stereocenters. The fourth-order valence-corrected chi connectivity index (χ4v) is 3.57. The van der Waals surface area contributed by atoms with Crippen molar-refractivity contribution in [3.8, 4) is 0 Å². The summed E-state index contributed by atoms with van der Waals surface area (Å²) in [5.74, 6) is 1.12. The van der Waals surface area contributed by atoms with E-state index in [0.29, 0.717) is 17.2 Å². The van der Waals surface area contributed by atoms with Gasteiger partial charge in [0.15, 0.2) is 5.82 Å². The molecule has 1 aliphatic heterocycles. The summed E-state index contributed by atoms with van der Waals surface area (Å²) in [5, 5.41) is 7.56. The van der Waals surface area contributed by atoms with Gasteiger partial charge in [0.05, 0.1) is 18.8 Å². The van der Waals surface area contributed by atoms with Crippen LogP contribution < -0.4 is 11.1 Å². The predicted octanol–water partition coefficient (Wildman–Crippen LogP) is 3.08. The monoisotopic (exact) mass is 420 g/mol. The lowest BCUT2D eigenvalue weighted by Crippen LogP contribution is -2.35. The SMILES string of the molecule is Cc1nc(NCc2cc(N)cc(C(F)(F)F)c2)c2cc(CN3CCOCC3)cn2n1. The molecule has 0 atom stereocenters. The fraction of sp³-hybridized carbons (Fsp3) is 0.400. The Morgan fingerprint density at radius 1 is 1.13 bits per heavy atom. The van der Waals surface area contributed by atoms with Gasteiger partial charge in [0.2, 0.25) is 0 Å². The Morgan fingerprint density at radius 2 is 1.90 bits per heavy atom. The summed E-state index contributed by atoms with van der Waals surface area (Å²) in [6, 6.07) is 5.55. The van der Waals surface area contributed by atoms with Crippen LogP contribution in [-0.2, 0) is 24.0 Å². The Labute approximate surface area is 171 Å². The first kappa shape index (κ1) is 20.4. The minimum atomic E-state index is -4.45. The lowest BCUT2D eigenvalue weighted by atomic mass is 10.1. The molecule has 1 aliphatic rings. The van der Waals surface area contributed by atoms with Gasteiger partial charge in [-0.25, -0.2) is 9.50 Å². The van der Waals surface area contributed by atoms with E-state index in [-0.39, 0.29) is 12.2 Å². The molecule has 0 bridgehead atoms. The van der Waals surface area contributed by atoms with Crippen LogP contribution in [0.4, 0.5) is 24.7 Å². The van der Waals surface area contributed by atoms with Crippen molar-refractivity contribution < 1.29 is 17.9 Å². The van der Waals surface area contributed by atoms with Gasteiger partial charge >= 0.3 is 6.18 Å². The van der Waals surface area contributed by atoms with Gasteiger partial charge in [-0.2, -0.15) is 18.3 Å². The van der Waals surface area contributed by atoms with E-state index in [1.807, 2.05) is 12.3 Å².